The van der Waals surface area contributed by atoms with E-state index in [0.29, 0.717) is 6.54 Å². The maximum Gasteiger partial charge on any atom is 0.123 e. The van der Waals surface area contributed by atoms with E-state index in [-0.39, 0.29) is 5.82 Å². The highest BCUT2D eigenvalue weighted by atomic mass is 79.9. The number of halogens is 2. The van der Waals surface area contributed by atoms with E-state index in [4.69, 9.17) is 0 Å². The van der Waals surface area contributed by atoms with Crippen molar-refractivity contribution in [1.82, 2.24) is 9.97 Å². The third-order valence-corrected chi connectivity index (χ3v) is 4.25. The predicted molar refractivity (Wildman–Crippen MR) is 86.8 cm³/mol. The molecule has 0 aliphatic rings. The van der Waals surface area contributed by atoms with Gasteiger partial charge in [-0.1, -0.05) is 0 Å². The SMILES string of the molecule is Fc1ccc(-c2nc(CNc3ccc(Br)nc3)cs2)cc1. The molecule has 0 saturated heterocycles. The normalized spacial score (nSPS) is 10.6. The number of benzene rings is 1. The van der Waals surface area contributed by atoms with Crippen LogP contribution in [0, 0.1) is 5.82 Å². The van der Waals surface area contributed by atoms with Gasteiger partial charge in [-0.3, -0.25) is 0 Å². The first-order valence-corrected chi connectivity index (χ1v) is 7.94. The van der Waals surface area contributed by atoms with E-state index in [9.17, 15) is 4.39 Å². The number of pyridine rings is 1. The van der Waals surface area contributed by atoms with E-state index in [0.717, 1.165) is 26.6 Å². The van der Waals surface area contributed by atoms with Crippen molar-refractivity contribution < 1.29 is 4.39 Å². The summed E-state index contributed by atoms with van der Waals surface area (Å²) in [4.78, 5) is 8.70. The number of hydrogen-bond acceptors (Lipinski definition) is 4. The first-order chi connectivity index (χ1) is 10.2. The molecule has 1 aromatic carbocycles. The van der Waals surface area contributed by atoms with Crippen LogP contribution in [0.15, 0.2) is 52.6 Å². The lowest BCUT2D eigenvalue weighted by Crippen LogP contribution is -1.99. The zero-order chi connectivity index (χ0) is 14.7. The molecule has 6 heteroatoms. The summed E-state index contributed by atoms with van der Waals surface area (Å²) < 4.78 is 13.7. The monoisotopic (exact) mass is 363 g/mol. The Balaban J connectivity index is 1.67. The number of nitrogens with one attached hydrogen (secondary N) is 1. The minimum Gasteiger partial charge on any atom is -0.378 e. The Morgan fingerprint density at radius 1 is 1.14 bits per heavy atom. The van der Waals surface area contributed by atoms with E-state index in [1.807, 2.05) is 17.5 Å². The third-order valence-electron chi connectivity index (χ3n) is 2.84. The number of thiazole rings is 1. The van der Waals surface area contributed by atoms with Crippen LogP contribution in [0.1, 0.15) is 5.69 Å². The van der Waals surface area contributed by atoms with Gasteiger partial charge in [-0.15, -0.1) is 11.3 Å². The smallest absolute Gasteiger partial charge is 0.123 e. The van der Waals surface area contributed by atoms with Crippen molar-refractivity contribution in [2.75, 3.05) is 5.32 Å². The van der Waals surface area contributed by atoms with Gasteiger partial charge in [-0.25, -0.2) is 14.4 Å². The fraction of sp³-hybridized carbons (Fsp3) is 0.0667. The largest absolute Gasteiger partial charge is 0.378 e. The first kappa shape index (κ1) is 14.2. The van der Waals surface area contributed by atoms with Crippen LogP contribution in [0.2, 0.25) is 0 Å². The molecule has 2 heterocycles. The minimum absolute atomic E-state index is 0.236. The number of anilines is 1. The number of nitrogens with zero attached hydrogens (tertiary/aromatic N) is 2. The van der Waals surface area contributed by atoms with E-state index >= 15 is 0 Å². The Morgan fingerprint density at radius 2 is 1.95 bits per heavy atom. The van der Waals surface area contributed by atoms with Gasteiger partial charge in [0.2, 0.25) is 0 Å². The Kier molecular flexibility index (Phi) is 4.26. The molecule has 0 unspecified atom stereocenters. The van der Waals surface area contributed by atoms with Crippen molar-refractivity contribution >= 4 is 33.0 Å². The second-order valence-corrected chi connectivity index (χ2v) is 6.04. The zero-order valence-electron chi connectivity index (χ0n) is 10.9. The van der Waals surface area contributed by atoms with Gasteiger partial charge < -0.3 is 5.32 Å². The Morgan fingerprint density at radius 3 is 2.67 bits per heavy atom. The summed E-state index contributed by atoms with van der Waals surface area (Å²) in [6.45, 7) is 0.626. The number of rotatable bonds is 4. The van der Waals surface area contributed by atoms with Crippen LogP contribution in [-0.2, 0) is 6.54 Å². The van der Waals surface area contributed by atoms with Crippen LogP contribution < -0.4 is 5.32 Å². The average molecular weight is 364 g/mol. The molecule has 0 aliphatic heterocycles. The van der Waals surface area contributed by atoms with Crippen LogP contribution in [0.25, 0.3) is 10.6 Å². The molecular formula is C15H11BrFN3S. The lowest BCUT2D eigenvalue weighted by atomic mass is 10.2. The second kappa shape index (κ2) is 6.32. The standard InChI is InChI=1S/C15H11BrFN3S/c16-14-6-5-12(7-19-14)18-8-13-9-21-15(20-13)10-1-3-11(17)4-2-10/h1-7,9,18H,8H2. The van der Waals surface area contributed by atoms with Gasteiger partial charge >= 0.3 is 0 Å². The van der Waals surface area contributed by atoms with Crippen LogP contribution >= 0.6 is 27.3 Å². The van der Waals surface area contributed by atoms with E-state index in [1.54, 1.807) is 29.7 Å². The van der Waals surface area contributed by atoms with Crippen LogP contribution in [0.4, 0.5) is 10.1 Å². The maximum atomic E-state index is 12.9. The summed E-state index contributed by atoms with van der Waals surface area (Å²) in [7, 11) is 0. The van der Waals surface area contributed by atoms with Gasteiger partial charge in [0.1, 0.15) is 15.4 Å². The lowest BCUT2D eigenvalue weighted by Gasteiger charge is -2.03. The Labute approximate surface area is 134 Å². The molecule has 0 radical (unpaired) electrons. The Bertz CT molecular complexity index is 725. The summed E-state index contributed by atoms with van der Waals surface area (Å²) in [5.41, 5.74) is 2.81. The molecule has 0 saturated carbocycles. The molecule has 2 aromatic heterocycles. The highest BCUT2D eigenvalue weighted by molar-refractivity contribution is 9.10. The molecule has 0 bridgehead atoms. The van der Waals surface area contributed by atoms with Gasteiger partial charge in [0.15, 0.2) is 0 Å². The van der Waals surface area contributed by atoms with E-state index in [1.165, 1.54) is 12.1 Å². The molecule has 0 spiro atoms. The fourth-order valence-electron chi connectivity index (χ4n) is 1.79. The van der Waals surface area contributed by atoms with Crippen molar-refractivity contribution in [3.8, 4) is 10.6 Å². The molecule has 21 heavy (non-hydrogen) atoms. The molecular weight excluding hydrogens is 353 g/mol. The zero-order valence-corrected chi connectivity index (χ0v) is 13.3. The predicted octanol–water partition coefficient (Wildman–Crippen LogP) is 4.72. The van der Waals surface area contributed by atoms with Gasteiger partial charge in [-0.05, 0) is 52.3 Å². The van der Waals surface area contributed by atoms with Crippen LogP contribution in [0.3, 0.4) is 0 Å². The van der Waals surface area contributed by atoms with Crippen molar-refractivity contribution in [2.45, 2.75) is 6.54 Å². The van der Waals surface area contributed by atoms with Gasteiger partial charge in [0.05, 0.1) is 24.1 Å². The summed E-state index contributed by atoms with van der Waals surface area (Å²) in [5, 5.41) is 6.15. The molecule has 1 N–H and O–H groups in total. The van der Waals surface area contributed by atoms with Gasteiger partial charge in [-0.2, -0.15) is 0 Å². The Hall–Kier alpha value is -1.79. The van der Waals surface area contributed by atoms with Crippen molar-refractivity contribution in [3.63, 3.8) is 0 Å². The topological polar surface area (TPSA) is 37.8 Å². The van der Waals surface area contributed by atoms with Crippen LogP contribution in [0.5, 0.6) is 0 Å². The second-order valence-electron chi connectivity index (χ2n) is 4.37. The lowest BCUT2D eigenvalue weighted by molar-refractivity contribution is 0.628. The van der Waals surface area contributed by atoms with E-state index in [2.05, 4.69) is 31.2 Å². The molecule has 0 amide bonds. The molecule has 0 fully saturated rings. The van der Waals surface area contributed by atoms with E-state index < -0.39 is 0 Å². The molecule has 3 aromatic rings. The van der Waals surface area contributed by atoms with Crippen molar-refractivity contribution in [1.29, 1.82) is 0 Å². The number of aromatic nitrogens is 2. The summed E-state index contributed by atoms with van der Waals surface area (Å²) in [5.74, 6) is -0.236. The summed E-state index contributed by atoms with van der Waals surface area (Å²) in [6, 6.07) is 10.2. The highest BCUT2D eigenvalue weighted by Gasteiger charge is 2.05. The maximum absolute atomic E-state index is 12.9. The highest BCUT2D eigenvalue weighted by Crippen LogP contribution is 2.24. The van der Waals surface area contributed by atoms with Gasteiger partial charge in [0.25, 0.3) is 0 Å². The average Bonchev–Trinajstić information content (AvgIpc) is 2.96. The minimum atomic E-state index is -0.236. The summed E-state index contributed by atoms with van der Waals surface area (Å²) >= 11 is 4.85. The quantitative estimate of drug-likeness (QED) is 0.681. The third kappa shape index (κ3) is 3.65. The van der Waals surface area contributed by atoms with Crippen molar-refractivity contribution in [3.05, 3.63) is 64.1 Å². The fourth-order valence-corrected chi connectivity index (χ4v) is 2.85. The number of hydrogen-bond donors (Lipinski definition) is 1. The van der Waals surface area contributed by atoms with Gasteiger partial charge in [0, 0.05) is 10.9 Å². The molecule has 3 rings (SSSR count). The van der Waals surface area contributed by atoms with Crippen molar-refractivity contribution in [2.24, 2.45) is 0 Å². The molecule has 0 aliphatic carbocycles. The van der Waals surface area contributed by atoms with Crippen LogP contribution in [-0.4, -0.2) is 9.97 Å². The summed E-state index contributed by atoms with van der Waals surface area (Å²) in [6.07, 6.45) is 1.76. The molecule has 0 atom stereocenters. The molecule has 106 valence electrons. The first-order valence-electron chi connectivity index (χ1n) is 6.26. The molecule has 3 nitrogen and oxygen atoms in total.